The number of halogens is 2. The zero-order valence-electron chi connectivity index (χ0n) is 25.1. The maximum Gasteiger partial charge on any atom is 0.232 e. The van der Waals surface area contributed by atoms with Gasteiger partial charge in [-0.05, 0) is 36.3 Å². The molecular formula is C33H31F2N5O5S. The van der Waals surface area contributed by atoms with E-state index in [2.05, 4.69) is 10.3 Å². The maximum absolute atomic E-state index is 13.9. The summed E-state index contributed by atoms with van der Waals surface area (Å²) in [6.45, 7) is -0.595. The van der Waals surface area contributed by atoms with E-state index >= 15 is 0 Å². The number of alkyl halides is 2. The lowest BCUT2D eigenvalue weighted by Crippen LogP contribution is -2.34. The Bertz CT molecular complexity index is 2040. The molecule has 1 amide bonds. The van der Waals surface area contributed by atoms with Gasteiger partial charge in [-0.1, -0.05) is 30.4 Å². The van der Waals surface area contributed by atoms with Crippen LogP contribution in [-0.2, 0) is 21.5 Å². The van der Waals surface area contributed by atoms with Gasteiger partial charge in [-0.15, -0.1) is 0 Å². The number of anilines is 1. The fourth-order valence-electron chi connectivity index (χ4n) is 6.34. The minimum Gasteiger partial charge on any atom is -0.484 e. The molecule has 0 saturated carbocycles. The monoisotopic (exact) mass is 647 g/mol. The first-order chi connectivity index (χ1) is 22.2. The van der Waals surface area contributed by atoms with Crippen molar-refractivity contribution in [3.63, 3.8) is 0 Å². The van der Waals surface area contributed by atoms with E-state index in [1.54, 1.807) is 30.5 Å². The number of carbonyl (C=O) groups excluding carboxylic acids is 1. The van der Waals surface area contributed by atoms with Crippen molar-refractivity contribution >= 4 is 32.5 Å². The van der Waals surface area contributed by atoms with Crippen molar-refractivity contribution in [2.75, 3.05) is 30.8 Å². The Hall–Kier alpha value is -4.78. The van der Waals surface area contributed by atoms with Gasteiger partial charge in [0.05, 0.1) is 36.0 Å². The third-order valence-corrected chi connectivity index (χ3v) is 9.70. The van der Waals surface area contributed by atoms with Gasteiger partial charge in [0.1, 0.15) is 29.6 Å². The second-order valence-electron chi connectivity index (χ2n) is 11.4. The van der Waals surface area contributed by atoms with Crippen LogP contribution >= 0.6 is 0 Å². The van der Waals surface area contributed by atoms with Crippen LogP contribution in [-0.4, -0.2) is 67.7 Å². The molecule has 1 aliphatic carbocycles. The van der Waals surface area contributed by atoms with Crippen LogP contribution < -0.4 is 19.1 Å². The number of benzene rings is 2. The van der Waals surface area contributed by atoms with E-state index in [9.17, 15) is 22.0 Å². The van der Waals surface area contributed by atoms with Crippen molar-refractivity contribution in [2.45, 2.75) is 37.8 Å². The summed E-state index contributed by atoms with van der Waals surface area (Å²) in [6.07, 6.45) is 5.50. The van der Waals surface area contributed by atoms with Gasteiger partial charge in [-0.25, -0.2) is 22.8 Å². The molecule has 13 heteroatoms. The maximum atomic E-state index is 13.9. The second kappa shape index (κ2) is 11.5. The van der Waals surface area contributed by atoms with Gasteiger partial charge >= 0.3 is 0 Å². The molecular weight excluding hydrogens is 616 g/mol. The first-order valence-corrected chi connectivity index (χ1v) is 16.7. The molecule has 0 bridgehead atoms. The van der Waals surface area contributed by atoms with Gasteiger partial charge in [-0.2, -0.15) is 0 Å². The number of para-hydroxylation sites is 1. The van der Waals surface area contributed by atoms with Crippen LogP contribution in [0.5, 0.6) is 11.5 Å². The van der Waals surface area contributed by atoms with Crippen molar-refractivity contribution in [2.24, 2.45) is 0 Å². The Labute approximate surface area is 264 Å². The number of carbonyl (C=O) groups is 1. The second-order valence-corrected chi connectivity index (χ2v) is 13.3. The Balaban J connectivity index is 1.42. The highest BCUT2D eigenvalue weighted by Gasteiger charge is 2.43. The number of ether oxygens (including phenoxy) is 2. The first kappa shape index (κ1) is 29.9. The fraction of sp³-hybridized carbons (Fsp3) is 0.303. The van der Waals surface area contributed by atoms with E-state index in [1.807, 2.05) is 34.9 Å². The number of rotatable bonds is 8. The van der Waals surface area contributed by atoms with Crippen molar-refractivity contribution in [1.82, 2.24) is 19.9 Å². The highest BCUT2D eigenvalue weighted by molar-refractivity contribution is 7.92. The molecule has 2 aromatic carbocycles. The van der Waals surface area contributed by atoms with E-state index in [1.165, 1.54) is 13.1 Å². The summed E-state index contributed by atoms with van der Waals surface area (Å²) in [5.74, 6) is -0.233. The van der Waals surface area contributed by atoms with Crippen molar-refractivity contribution in [3.05, 3.63) is 78.0 Å². The van der Waals surface area contributed by atoms with Gasteiger partial charge in [0.2, 0.25) is 15.9 Å². The molecule has 0 saturated heterocycles. The van der Waals surface area contributed by atoms with Crippen LogP contribution in [0, 0.1) is 0 Å². The predicted molar refractivity (Wildman–Crippen MR) is 170 cm³/mol. The van der Waals surface area contributed by atoms with E-state index in [-0.39, 0.29) is 49.3 Å². The molecule has 0 spiro atoms. The summed E-state index contributed by atoms with van der Waals surface area (Å²) in [4.78, 5) is 22.8. The normalized spacial score (nSPS) is 19.8. The number of hydrogen-bond acceptors (Lipinski definition) is 7. The number of sulfonamides is 1. The summed E-state index contributed by atoms with van der Waals surface area (Å²) >= 11 is 0. The molecule has 1 N–H and O–H groups in total. The molecule has 3 unspecified atom stereocenters. The topological polar surface area (TPSA) is 116 Å². The summed E-state index contributed by atoms with van der Waals surface area (Å²) in [7, 11) is -2.40. The van der Waals surface area contributed by atoms with Crippen LogP contribution in [0.3, 0.4) is 0 Å². The largest absolute Gasteiger partial charge is 0.484 e. The summed E-state index contributed by atoms with van der Waals surface area (Å²) in [5, 5.41) is 3.70. The molecule has 3 atom stereocenters. The van der Waals surface area contributed by atoms with Gasteiger partial charge < -0.3 is 19.4 Å². The van der Waals surface area contributed by atoms with E-state index in [4.69, 9.17) is 14.5 Å². The molecule has 238 valence electrons. The molecule has 46 heavy (non-hydrogen) atoms. The lowest BCUT2D eigenvalue weighted by atomic mass is 9.87. The number of likely N-dealkylation sites (N-methyl/N-ethyl adjacent to an activating group) is 1. The molecule has 0 radical (unpaired) electrons. The Morgan fingerprint density at radius 2 is 2.02 bits per heavy atom. The number of fused-ring (bicyclic) bond motifs is 6. The number of amides is 1. The zero-order chi connectivity index (χ0) is 32.2. The van der Waals surface area contributed by atoms with E-state index < -0.39 is 34.9 Å². The number of hydrogen-bond donors (Lipinski definition) is 1. The molecule has 7 rings (SSSR count). The highest BCUT2D eigenvalue weighted by atomic mass is 32.2. The predicted octanol–water partition coefficient (Wildman–Crippen LogP) is 5.06. The molecule has 2 aliphatic heterocycles. The highest BCUT2D eigenvalue weighted by Crippen LogP contribution is 2.48. The molecule has 2 aromatic heterocycles. The van der Waals surface area contributed by atoms with Crippen LogP contribution in [0.25, 0.3) is 33.7 Å². The Kier molecular flexibility index (Phi) is 7.50. The third kappa shape index (κ3) is 5.08. The van der Waals surface area contributed by atoms with Crippen molar-refractivity contribution in [1.29, 1.82) is 0 Å². The lowest BCUT2D eigenvalue weighted by molar-refractivity contribution is -0.123. The number of allylic oxidation sites excluding steroid dienone is 2. The summed E-state index contributed by atoms with van der Waals surface area (Å²) < 4.78 is 69.1. The molecule has 4 aromatic rings. The number of aromatic nitrogens is 3. The Morgan fingerprint density at radius 3 is 2.76 bits per heavy atom. The quantitative estimate of drug-likeness (QED) is 0.285. The first-order valence-electron chi connectivity index (χ1n) is 14.9. The standard InChI is InChI=1S/C33H31F2N5O5S/c1-36-33(41)29-23-15-22(32-37-17-28-30(38-32)26-14-20-6-3-4-7-24(20)39(26)18-44-28)25(40(13-5-12-34)46(2,42)43)16-27(23)45-31(29)19-8-10-21(35)11-9-19/h3-4,6-10,14-17,21,29,31H,5,11-13,18H2,1-2H3,(H,36,41). The minimum atomic E-state index is -3.91. The smallest absolute Gasteiger partial charge is 0.232 e. The van der Waals surface area contributed by atoms with Crippen LogP contribution in [0.15, 0.2) is 72.5 Å². The fourth-order valence-corrected chi connectivity index (χ4v) is 7.31. The SMILES string of the molecule is CNC(=O)C1c2cc(-c3ncc4c(n3)-c3cc5ccccc5n3CO4)c(N(CCCF)S(C)(=O)=O)cc2OC1C1=CCC(F)C=C1. The van der Waals surface area contributed by atoms with Crippen molar-refractivity contribution in [3.8, 4) is 34.3 Å². The molecule has 4 heterocycles. The average molecular weight is 648 g/mol. The van der Waals surface area contributed by atoms with Gasteiger partial charge in [0.15, 0.2) is 18.3 Å². The minimum absolute atomic E-state index is 0.0466. The molecule has 10 nitrogen and oxygen atoms in total. The Morgan fingerprint density at radius 1 is 1.20 bits per heavy atom. The zero-order valence-corrected chi connectivity index (χ0v) is 25.9. The van der Waals surface area contributed by atoms with Gasteiger partial charge in [-0.3, -0.25) is 13.5 Å². The van der Waals surface area contributed by atoms with Crippen molar-refractivity contribution < 1.29 is 31.5 Å². The van der Waals surface area contributed by atoms with Crippen LogP contribution in [0.2, 0.25) is 0 Å². The average Bonchev–Trinajstić information content (AvgIpc) is 3.62. The lowest BCUT2D eigenvalue weighted by Gasteiger charge is -2.26. The van der Waals surface area contributed by atoms with Gasteiger partial charge in [0.25, 0.3) is 0 Å². The number of nitrogens with zero attached hydrogens (tertiary/aromatic N) is 4. The summed E-state index contributed by atoms with van der Waals surface area (Å²) in [6, 6.07) is 13.1. The molecule has 0 fully saturated rings. The van der Waals surface area contributed by atoms with E-state index in [0.29, 0.717) is 28.1 Å². The number of nitrogens with one attached hydrogen (secondary N) is 1. The van der Waals surface area contributed by atoms with Gasteiger partial charge in [0, 0.05) is 42.6 Å². The van der Waals surface area contributed by atoms with Crippen LogP contribution in [0.1, 0.15) is 24.3 Å². The summed E-state index contributed by atoms with van der Waals surface area (Å²) in [5.41, 5.74) is 3.91. The third-order valence-electron chi connectivity index (χ3n) is 8.52. The molecule has 3 aliphatic rings. The van der Waals surface area contributed by atoms with Crippen LogP contribution in [0.4, 0.5) is 14.5 Å². The van der Waals surface area contributed by atoms with E-state index in [0.717, 1.165) is 27.2 Å².